The Bertz CT molecular complexity index is 580. The SMILES string of the molecule is O[C@H](C[C@H]1COC(c2ccccc2)=N1)c1ccccc1. The normalized spacial score (nSPS) is 19.2. The fraction of sp³-hybridized carbons (Fsp3) is 0.235. The predicted octanol–water partition coefficient (Wildman–Crippen LogP) is 2.96. The van der Waals surface area contributed by atoms with Gasteiger partial charge in [-0.15, -0.1) is 0 Å². The highest BCUT2D eigenvalue weighted by molar-refractivity contribution is 5.95. The first kappa shape index (κ1) is 12.9. The molecule has 3 heteroatoms. The molecule has 0 saturated carbocycles. The largest absolute Gasteiger partial charge is 0.475 e. The molecule has 0 saturated heterocycles. The maximum atomic E-state index is 10.2. The monoisotopic (exact) mass is 267 g/mol. The van der Waals surface area contributed by atoms with Crippen LogP contribution >= 0.6 is 0 Å². The Morgan fingerprint density at radius 3 is 2.40 bits per heavy atom. The van der Waals surface area contributed by atoms with Gasteiger partial charge in [0.05, 0.1) is 12.1 Å². The average Bonchev–Trinajstić information content (AvgIpc) is 2.97. The second-order valence-corrected chi connectivity index (χ2v) is 4.93. The van der Waals surface area contributed by atoms with Crippen LogP contribution in [0.1, 0.15) is 23.7 Å². The number of benzene rings is 2. The van der Waals surface area contributed by atoms with E-state index < -0.39 is 6.10 Å². The first-order valence-electron chi connectivity index (χ1n) is 6.82. The third-order valence-corrected chi connectivity index (χ3v) is 3.41. The number of aliphatic hydroxyl groups is 1. The maximum Gasteiger partial charge on any atom is 0.216 e. The van der Waals surface area contributed by atoms with Crippen molar-refractivity contribution in [3.8, 4) is 0 Å². The van der Waals surface area contributed by atoms with Crippen molar-refractivity contribution in [3.63, 3.8) is 0 Å². The molecule has 3 rings (SSSR count). The Morgan fingerprint density at radius 1 is 1.05 bits per heavy atom. The fourth-order valence-corrected chi connectivity index (χ4v) is 2.34. The summed E-state index contributed by atoms with van der Waals surface area (Å²) in [5.74, 6) is 0.677. The first-order chi connectivity index (χ1) is 9.83. The van der Waals surface area contributed by atoms with Crippen LogP contribution in [0.25, 0.3) is 0 Å². The van der Waals surface area contributed by atoms with Crippen LogP contribution in [0, 0.1) is 0 Å². The summed E-state index contributed by atoms with van der Waals surface area (Å²) >= 11 is 0. The Hall–Kier alpha value is -2.13. The van der Waals surface area contributed by atoms with Crippen molar-refractivity contribution in [2.24, 2.45) is 4.99 Å². The molecule has 102 valence electrons. The van der Waals surface area contributed by atoms with Gasteiger partial charge in [0.1, 0.15) is 6.61 Å². The smallest absolute Gasteiger partial charge is 0.216 e. The summed E-state index contributed by atoms with van der Waals surface area (Å²) in [6.07, 6.45) is 0.0871. The number of hydrogen-bond donors (Lipinski definition) is 1. The summed E-state index contributed by atoms with van der Waals surface area (Å²) in [5, 5.41) is 10.2. The van der Waals surface area contributed by atoms with Gasteiger partial charge in [-0.1, -0.05) is 48.5 Å². The van der Waals surface area contributed by atoms with E-state index in [-0.39, 0.29) is 6.04 Å². The topological polar surface area (TPSA) is 41.8 Å². The van der Waals surface area contributed by atoms with Crippen molar-refractivity contribution in [1.29, 1.82) is 0 Å². The van der Waals surface area contributed by atoms with E-state index in [4.69, 9.17) is 4.74 Å². The molecule has 2 atom stereocenters. The zero-order valence-electron chi connectivity index (χ0n) is 11.1. The number of ether oxygens (including phenoxy) is 1. The van der Waals surface area contributed by atoms with E-state index in [0.717, 1.165) is 11.1 Å². The zero-order valence-corrected chi connectivity index (χ0v) is 11.1. The minimum Gasteiger partial charge on any atom is -0.475 e. The van der Waals surface area contributed by atoms with Crippen LogP contribution in [0.2, 0.25) is 0 Å². The quantitative estimate of drug-likeness (QED) is 0.925. The molecule has 1 aliphatic rings. The van der Waals surface area contributed by atoms with Gasteiger partial charge in [-0.05, 0) is 17.7 Å². The third-order valence-electron chi connectivity index (χ3n) is 3.41. The van der Waals surface area contributed by atoms with E-state index in [9.17, 15) is 5.11 Å². The number of nitrogens with zero attached hydrogens (tertiary/aromatic N) is 1. The predicted molar refractivity (Wildman–Crippen MR) is 78.7 cm³/mol. The summed E-state index contributed by atoms with van der Waals surface area (Å²) in [7, 11) is 0. The zero-order chi connectivity index (χ0) is 13.8. The van der Waals surface area contributed by atoms with Crippen LogP contribution < -0.4 is 0 Å². The molecule has 1 aliphatic heterocycles. The number of aliphatic imine (C=N–C) groups is 1. The molecular formula is C17H17NO2. The van der Waals surface area contributed by atoms with Gasteiger partial charge in [-0.2, -0.15) is 0 Å². The second-order valence-electron chi connectivity index (χ2n) is 4.93. The van der Waals surface area contributed by atoms with Crippen molar-refractivity contribution >= 4 is 5.90 Å². The third kappa shape index (κ3) is 2.89. The van der Waals surface area contributed by atoms with Gasteiger partial charge in [0.15, 0.2) is 0 Å². The van der Waals surface area contributed by atoms with Gasteiger partial charge in [0.25, 0.3) is 0 Å². The van der Waals surface area contributed by atoms with E-state index in [1.165, 1.54) is 0 Å². The molecule has 0 radical (unpaired) electrons. The van der Waals surface area contributed by atoms with E-state index >= 15 is 0 Å². The number of hydrogen-bond acceptors (Lipinski definition) is 3. The summed E-state index contributed by atoms with van der Waals surface area (Å²) in [5.41, 5.74) is 1.92. The average molecular weight is 267 g/mol. The molecular weight excluding hydrogens is 250 g/mol. The molecule has 3 nitrogen and oxygen atoms in total. The highest BCUT2D eigenvalue weighted by atomic mass is 16.5. The van der Waals surface area contributed by atoms with Crippen LogP contribution in [0.15, 0.2) is 65.7 Å². The summed E-state index contributed by atoms with van der Waals surface area (Å²) < 4.78 is 5.63. The maximum absolute atomic E-state index is 10.2. The molecule has 2 aromatic rings. The molecule has 0 fully saturated rings. The van der Waals surface area contributed by atoms with Crippen LogP contribution in [-0.2, 0) is 4.74 Å². The van der Waals surface area contributed by atoms with Gasteiger partial charge in [0, 0.05) is 12.0 Å². The minimum absolute atomic E-state index is 0.0143. The van der Waals surface area contributed by atoms with Crippen molar-refractivity contribution in [2.45, 2.75) is 18.6 Å². The molecule has 0 amide bonds. The summed E-state index contributed by atoms with van der Waals surface area (Å²) in [4.78, 5) is 4.56. The van der Waals surface area contributed by atoms with Gasteiger partial charge < -0.3 is 9.84 Å². The Balaban J connectivity index is 1.67. The van der Waals surface area contributed by atoms with Crippen molar-refractivity contribution in [1.82, 2.24) is 0 Å². The van der Waals surface area contributed by atoms with Crippen LogP contribution in [0.4, 0.5) is 0 Å². The molecule has 1 heterocycles. The van der Waals surface area contributed by atoms with E-state index in [0.29, 0.717) is 18.9 Å². The number of aliphatic hydroxyl groups excluding tert-OH is 1. The van der Waals surface area contributed by atoms with Gasteiger partial charge in [-0.25, -0.2) is 4.99 Å². The van der Waals surface area contributed by atoms with Crippen LogP contribution in [0.3, 0.4) is 0 Å². The van der Waals surface area contributed by atoms with Gasteiger partial charge in [0.2, 0.25) is 5.90 Å². The Morgan fingerprint density at radius 2 is 1.70 bits per heavy atom. The lowest BCUT2D eigenvalue weighted by Gasteiger charge is -2.12. The Labute approximate surface area is 118 Å². The fourth-order valence-electron chi connectivity index (χ4n) is 2.34. The second kappa shape index (κ2) is 5.88. The molecule has 2 aromatic carbocycles. The molecule has 0 unspecified atom stereocenters. The summed E-state index contributed by atoms with van der Waals surface area (Å²) in [6.45, 7) is 0.536. The van der Waals surface area contributed by atoms with Gasteiger partial charge >= 0.3 is 0 Å². The molecule has 0 bridgehead atoms. The van der Waals surface area contributed by atoms with Crippen molar-refractivity contribution in [2.75, 3.05) is 6.61 Å². The standard InChI is InChI=1S/C17H17NO2/c19-16(13-7-3-1-4-8-13)11-15-12-20-17(18-15)14-9-5-2-6-10-14/h1-10,15-16,19H,11-12H2/t15-,16+/m0/s1. The highest BCUT2D eigenvalue weighted by Crippen LogP contribution is 2.23. The minimum atomic E-state index is -0.497. The highest BCUT2D eigenvalue weighted by Gasteiger charge is 2.23. The molecule has 20 heavy (non-hydrogen) atoms. The van der Waals surface area contributed by atoms with E-state index in [1.807, 2.05) is 60.7 Å². The molecule has 0 aromatic heterocycles. The lowest BCUT2D eigenvalue weighted by atomic mass is 10.0. The lowest BCUT2D eigenvalue weighted by Crippen LogP contribution is -2.11. The lowest BCUT2D eigenvalue weighted by molar-refractivity contribution is 0.151. The first-order valence-corrected chi connectivity index (χ1v) is 6.82. The molecule has 0 aliphatic carbocycles. The van der Waals surface area contributed by atoms with E-state index in [1.54, 1.807) is 0 Å². The summed E-state index contributed by atoms with van der Waals surface area (Å²) in [6, 6.07) is 19.6. The van der Waals surface area contributed by atoms with Crippen molar-refractivity contribution < 1.29 is 9.84 Å². The molecule has 0 spiro atoms. The number of rotatable bonds is 4. The van der Waals surface area contributed by atoms with Crippen LogP contribution in [-0.4, -0.2) is 23.7 Å². The Kier molecular flexibility index (Phi) is 3.79. The molecule has 1 N–H and O–H groups in total. The van der Waals surface area contributed by atoms with E-state index in [2.05, 4.69) is 4.99 Å². The van der Waals surface area contributed by atoms with Gasteiger partial charge in [-0.3, -0.25) is 0 Å². The van der Waals surface area contributed by atoms with Crippen molar-refractivity contribution in [3.05, 3.63) is 71.8 Å². The van der Waals surface area contributed by atoms with Crippen LogP contribution in [0.5, 0.6) is 0 Å².